The summed E-state index contributed by atoms with van der Waals surface area (Å²) >= 11 is 0. The van der Waals surface area contributed by atoms with Gasteiger partial charge in [-0.1, -0.05) is 13.0 Å². The maximum atomic E-state index is 12.3. The van der Waals surface area contributed by atoms with Gasteiger partial charge in [-0.3, -0.25) is 4.79 Å². The van der Waals surface area contributed by atoms with Crippen LogP contribution in [0.25, 0.3) is 0 Å². The molecule has 3 unspecified atom stereocenters. The van der Waals surface area contributed by atoms with Gasteiger partial charge in [-0.25, -0.2) is 0 Å². The largest absolute Gasteiger partial charge is 0.491 e. The van der Waals surface area contributed by atoms with Crippen molar-refractivity contribution in [3.8, 4) is 5.75 Å². The van der Waals surface area contributed by atoms with Crippen LogP contribution in [0.15, 0.2) is 24.3 Å². The van der Waals surface area contributed by atoms with E-state index in [1.807, 2.05) is 31.2 Å². The maximum Gasteiger partial charge on any atom is 0.228 e. The maximum absolute atomic E-state index is 12.3. The Morgan fingerprint density at radius 1 is 1.48 bits per heavy atom. The summed E-state index contributed by atoms with van der Waals surface area (Å²) in [6, 6.07) is 8.14. The number of benzene rings is 1. The predicted molar refractivity (Wildman–Crippen MR) is 85.6 cm³/mol. The summed E-state index contributed by atoms with van der Waals surface area (Å²) in [4.78, 5) is 12.3. The molecule has 0 saturated carbocycles. The average Bonchev–Trinajstić information content (AvgIpc) is 2.48. The molecule has 1 amide bonds. The lowest BCUT2D eigenvalue weighted by molar-refractivity contribution is -0.120. The smallest absolute Gasteiger partial charge is 0.228 e. The molecule has 4 heteroatoms. The highest BCUT2D eigenvalue weighted by Crippen LogP contribution is 2.21. The van der Waals surface area contributed by atoms with Crippen LogP contribution in [0, 0.1) is 5.92 Å². The Bertz CT molecular complexity index is 468. The van der Waals surface area contributed by atoms with Gasteiger partial charge in [0.2, 0.25) is 5.91 Å². The number of hydrogen-bond donors (Lipinski definition) is 2. The van der Waals surface area contributed by atoms with Gasteiger partial charge >= 0.3 is 0 Å². The molecule has 2 rings (SSSR count). The summed E-state index contributed by atoms with van der Waals surface area (Å²) in [6.07, 6.45) is 3.14. The van der Waals surface area contributed by atoms with Crippen molar-refractivity contribution < 1.29 is 9.53 Å². The molecule has 21 heavy (non-hydrogen) atoms. The van der Waals surface area contributed by atoms with Crippen molar-refractivity contribution in [3.63, 3.8) is 0 Å². The van der Waals surface area contributed by atoms with E-state index in [1.165, 1.54) is 0 Å². The number of carbonyl (C=O) groups excluding carboxylic acids is 1. The molecule has 2 N–H and O–H groups in total. The van der Waals surface area contributed by atoms with Crippen molar-refractivity contribution in [1.82, 2.24) is 5.32 Å². The zero-order valence-electron chi connectivity index (χ0n) is 13.2. The van der Waals surface area contributed by atoms with E-state index in [4.69, 9.17) is 4.74 Å². The quantitative estimate of drug-likeness (QED) is 0.875. The van der Waals surface area contributed by atoms with Crippen molar-refractivity contribution in [2.75, 3.05) is 11.9 Å². The molecule has 1 aliphatic heterocycles. The van der Waals surface area contributed by atoms with Crippen LogP contribution in [-0.2, 0) is 4.79 Å². The van der Waals surface area contributed by atoms with Crippen molar-refractivity contribution in [1.29, 1.82) is 0 Å². The summed E-state index contributed by atoms with van der Waals surface area (Å²) in [5.41, 5.74) is 0.805. The van der Waals surface area contributed by atoms with Gasteiger partial charge < -0.3 is 15.4 Å². The van der Waals surface area contributed by atoms with Crippen molar-refractivity contribution in [3.05, 3.63) is 24.3 Å². The fourth-order valence-corrected chi connectivity index (χ4v) is 2.43. The molecule has 0 radical (unpaired) electrons. The minimum Gasteiger partial charge on any atom is -0.491 e. The van der Waals surface area contributed by atoms with Crippen molar-refractivity contribution in [2.45, 2.75) is 52.2 Å². The number of anilines is 1. The summed E-state index contributed by atoms with van der Waals surface area (Å²) in [5, 5.41) is 6.36. The normalized spacial score (nSPS) is 23.4. The van der Waals surface area contributed by atoms with Crippen LogP contribution in [0.5, 0.6) is 5.75 Å². The summed E-state index contributed by atoms with van der Waals surface area (Å²) in [7, 11) is 0. The van der Waals surface area contributed by atoms with Gasteiger partial charge in [0.25, 0.3) is 0 Å². The van der Waals surface area contributed by atoms with Crippen LogP contribution >= 0.6 is 0 Å². The number of ether oxygens (including phenoxy) is 1. The number of hydrogen-bond acceptors (Lipinski definition) is 3. The van der Waals surface area contributed by atoms with E-state index in [2.05, 4.69) is 24.5 Å². The van der Waals surface area contributed by atoms with E-state index < -0.39 is 0 Å². The van der Waals surface area contributed by atoms with Gasteiger partial charge in [-0.05, 0) is 45.2 Å². The monoisotopic (exact) mass is 290 g/mol. The molecule has 1 aromatic rings. The van der Waals surface area contributed by atoms with Gasteiger partial charge in [0, 0.05) is 24.3 Å². The second-order valence-electron chi connectivity index (χ2n) is 5.94. The minimum absolute atomic E-state index is 0.0559. The van der Waals surface area contributed by atoms with E-state index in [1.54, 1.807) is 0 Å². The fraction of sp³-hybridized carbons (Fsp3) is 0.588. The molecule has 0 bridgehead atoms. The topological polar surface area (TPSA) is 50.4 Å². The summed E-state index contributed by atoms with van der Waals surface area (Å²) in [5.74, 6) is 0.952. The average molecular weight is 290 g/mol. The number of nitrogens with one attached hydrogen (secondary N) is 2. The SMILES string of the molecule is CCC(C)Oc1cccc(NC(=O)C2CCC(C)NC2)c1. The van der Waals surface area contributed by atoms with E-state index in [0.717, 1.165) is 37.2 Å². The van der Waals surface area contributed by atoms with Crippen LogP contribution in [0.2, 0.25) is 0 Å². The van der Waals surface area contributed by atoms with Crippen LogP contribution in [0.1, 0.15) is 40.0 Å². The number of piperidine rings is 1. The highest BCUT2D eigenvalue weighted by atomic mass is 16.5. The standard InChI is InChI=1S/C17H26N2O2/c1-4-13(3)21-16-7-5-6-15(10-16)19-17(20)14-9-8-12(2)18-11-14/h5-7,10,12-14,18H,4,8-9,11H2,1-3H3,(H,19,20). The van der Waals surface area contributed by atoms with E-state index >= 15 is 0 Å². The first-order valence-corrected chi connectivity index (χ1v) is 7.89. The number of rotatable bonds is 5. The summed E-state index contributed by atoms with van der Waals surface area (Å²) in [6.45, 7) is 7.05. The van der Waals surface area contributed by atoms with Crippen molar-refractivity contribution in [2.24, 2.45) is 5.92 Å². The highest BCUT2D eigenvalue weighted by molar-refractivity contribution is 5.92. The zero-order valence-corrected chi connectivity index (χ0v) is 13.2. The molecular formula is C17H26N2O2. The molecule has 116 valence electrons. The molecule has 0 aliphatic carbocycles. The second kappa shape index (κ2) is 7.46. The second-order valence-corrected chi connectivity index (χ2v) is 5.94. The fourth-order valence-electron chi connectivity index (χ4n) is 2.43. The lowest BCUT2D eigenvalue weighted by atomic mass is 9.95. The van der Waals surface area contributed by atoms with Crippen LogP contribution in [0.4, 0.5) is 5.69 Å². The van der Waals surface area contributed by atoms with Gasteiger partial charge in [-0.2, -0.15) is 0 Å². The Kier molecular flexibility index (Phi) is 5.62. The van der Waals surface area contributed by atoms with Crippen LogP contribution in [0.3, 0.4) is 0 Å². The van der Waals surface area contributed by atoms with Gasteiger partial charge in [0.1, 0.15) is 5.75 Å². The Morgan fingerprint density at radius 2 is 2.29 bits per heavy atom. The Morgan fingerprint density at radius 3 is 2.95 bits per heavy atom. The predicted octanol–water partition coefficient (Wildman–Crippen LogP) is 3.19. The lowest BCUT2D eigenvalue weighted by Crippen LogP contribution is -2.41. The number of carbonyl (C=O) groups is 1. The third kappa shape index (κ3) is 4.74. The molecule has 3 atom stereocenters. The highest BCUT2D eigenvalue weighted by Gasteiger charge is 2.23. The third-order valence-electron chi connectivity index (χ3n) is 4.05. The molecule has 0 spiro atoms. The first-order chi connectivity index (χ1) is 10.1. The minimum atomic E-state index is 0.0559. The van der Waals surface area contributed by atoms with E-state index in [-0.39, 0.29) is 17.9 Å². The molecule has 4 nitrogen and oxygen atoms in total. The zero-order chi connectivity index (χ0) is 15.2. The van der Waals surface area contributed by atoms with Crippen molar-refractivity contribution >= 4 is 11.6 Å². The molecule has 1 saturated heterocycles. The van der Waals surface area contributed by atoms with E-state index in [9.17, 15) is 4.79 Å². The van der Waals surface area contributed by atoms with Crippen LogP contribution < -0.4 is 15.4 Å². The van der Waals surface area contributed by atoms with Crippen LogP contribution in [-0.4, -0.2) is 24.6 Å². The Hall–Kier alpha value is -1.55. The first kappa shape index (κ1) is 15.8. The Balaban J connectivity index is 1.93. The molecule has 1 aromatic carbocycles. The molecule has 1 fully saturated rings. The molecular weight excluding hydrogens is 264 g/mol. The van der Waals surface area contributed by atoms with Gasteiger partial charge in [-0.15, -0.1) is 0 Å². The molecule has 1 heterocycles. The van der Waals surface area contributed by atoms with Gasteiger partial charge in [0.15, 0.2) is 0 Å². The van der Waals surface area contributed by atoms with E-state index in [0.29, 0.717) is 6.04 Å². The lowest BCUT2D eigenvalue weighted by Gasteiger charge is -2.26. The molecule has 0 aromatic heterocycles. The van der Waals surface area contributed by atoms with Gasteiger partial charge in [0.05, 0.1) is 12.0 Å². The summed E-state index contributed by atoms with van der Waals surface area (Å²) < 4.78 is 5.78. The third-order valence-corrected chi connectivity index (χ3v) is 4.05. The number of amides is 1. The molecule has 1 aliphatic rings. The Labute approximate surface area is 127 Å². The first-order valence-electron chi connectivity index (χ1n) is 7.89.